The fourth-order valence-electron chi connectivity index (χ4n) is 1.07. The lowest BCUT2D eigenvalue weighted by Crippen LogP contribution is -2.02. The summed E-state index contributed by atoms with van der Waals surface area (Å²) in [5.74, 6) is 0.624. The van der Waals surface area contributed by atoms with Crippen molar-refractivity contribution in [1.82, 2.24) is 0 Å². The van der Waals surface area contributed by atoms with E-state index < -0.39 is 0 Å². The molecule has 0 unspecified atom stereocenters. The van der Waals surface area contributed by atoms with Crippen LogP contribution in [0.5, 0.6) is 5.75 Å². The highest BCUT2D eigenvalue weighted by Crippen LogP contribution is 2.19. The maximum absolute atomic E-state index is 8.55. The summed E-state index contributed by atoms with van der Waals surface area (Å²) in [5.41, 5.74) is 6.99. The zero-order chi connectivity index (χ0) is 10.4. The van der Waals surface area contributed by atoms with E-state index in [1.54, 1.807) is 18.2 Å². The Labute approximate surface area is 82.5 Å². The Morgan fingerprint density at radius 1 is 1.50 bits per heavy atom. The van der Waals surface area contributed by atoms with Crippen LogP contribution in [0.3, 0.4) is 0 Å². The molecule has 0 bridgehead atoms. The second kappa shape index (κ2) is 5.10. The van der Waals surface area contributed by atoms with Gasteiger partial charge in [0.25, 0.3) is 0 Å². The molecular formula is C10H12N2O2. The average molecular weight is 192 g/mol. The molecule has 0 fully saturated rings. The van der Waals surface area contributed by atoms with Crippen LogP contribution in [-0.4, -0.2) is 18.3 Å². The van der Waals surface area contributed by atoms with Crippen LogP contribution in [0.1, 0.15) is 5.56 Å². The van der Waals surface area contributed by atoms with Crippen molar-refractivity contribution in [3.8, 4) is 11.8 Å². The second-order valence-electron chi connectivity index (χ2n) is 2.77. The largest absolute Gasteiger partial charge is 0.491 e. The fraction of sp³-hybridized carbons (Fsp3) is 0.300. The summed E-state index contributed by atoms with van der Waals surface area (Å²) in [5, 5.41) is 17.1. The highest BCUT2D eigenvalue weighted by atomic mass is 16.5. The summed E-state index contributed by atoms with van der Waals surface area (Å²) in [7, 11) is 0. The van der Waals surface area contributed by atoms with E-state index in [9.17, 15) is 0 Å². The molecule has 74 valence electrons. The third-order valence-corrected chi connectivity index (χ3v) is 1.74. The number of ether oxygens (including phenoxy) is 1. The number of nitrogens with zero attached hydrogens (tertiary/aromatic N) is 1. The van der Waals surface area contributed by atoms with E-state index in [1.807, 2.05) is 6.07 Å². The molecule has 3 N–H and O–H groups in total. The van der Waals surface area contributed by atoms with Crippen LogP contribution in [0, 0.1) is 11.3 Å². The van der Waals surface area contributed by atoms with Crippen LogP contribution < -0.4 is 10.5 Å². The predicted octanol–water partition coefficient (Wildman–Crippen LogP) is 0.706. The Kier molecular flexibility index (Phi) is 3.77. The molecule has 0 amide bonds. The minimum absolute atomic E-state index is 0.0298. The normalized spacial score (nSPS) is 9.43. The lowest BCUT2D eigenvalue weighted by atomic mass is 10.1. The first-order chi connectivity index (χ1) is 6.77. The highest BCUT2D eigenvalue weighted by molar-refractivity contribution is 5.51. The van der Waals surface area contributed by atoms with Crippen molar-refractivity contribution in [2.75, 3.05) is 18.9 Å². The molecule has 0 heterocycles. The van der Waals surface area contributed by atoms with Crippen molar-refractivity contribution in [2.45, 2.75) is 6.42 Å². The molecule has 0 saturated carbocycles. The van der Waals surface area contributed by atoms with Crippen LogP contribution in [-0.2, 0) is 6.42 Å². The number of nitriles is 1. The van der Waals surface area contributed by atoms with E-state index in [4.69, 9.17) is 20.8 Å². The molecule has 0 radical (unpaired) electrons. The molecule has 0 atom stereocenters. The Morgan fingerprint density at radius 3 is 2.93 bits per heavy atom. The van der Waals surface area contributed by atoms with Gasteiger partial charge in [-0.2, -0.15) is 5.26 Å². The smallest absolute Gasteiger partial charge is 0.119 e. The van der Waals surface area contributed by atoms with Gasteiger partial charge in [0.2, 0.25) is 0 Å². The quantitative estimate of drug-likeness (QED) is 0.688. The van der Waals surface area contributed by atoms with Gasteiger partial charge in [0, 0.05) is 5.69 Å². The zero-order valence-electron chi connectivity index (χ0n) is 7.73. The molecule has 0 aliphatic rings. The predicted molar refractivity (Wildman–Crippen MR) is 52.8 cm³/mol. The highest BCUT2D eigenvalue weighted by Gasteiger charge is 2.01. The number of nitrogen functional groups attached to an aromatic ring is 1. The average Bonchev–Trinajstić information content (AvgIpc) is 2.19. The Hall–Kier alpha value is -1.73. The zero-order valence-corrected chi connectivity index (χ0v) is 7.73. The molecule has 0 aliphatic heterocycles. The number of rotatable bonds is 4. The van der Waals surface area contributed by atoms with Gasteiger partial charge in [-0.05, 0) is 23.8 Å². The molecule has 4 heteroatoms. The van der Waals surface area contributed by atoms with E-state index in [0.717, 1.165) is 5.56 Å². The number of nitrogens with two attached hydrogens (primary N) is 1. The lowest BCUT2D eigenvalue weighted by molar-refractivity contribution is 0.201. The van der Waals surface area contributed by atoms with E-state index in [0.29, 0.717) is 11.4 Å². The number of anilines is 1. The van der Waals surface area contributed by atoms with Crippen LogP contribution in [0.2, 0.25) is 0 Å². The number of benzene rings is 1. The maximum Gasteiger partial charge on any atom is 0.119 e. The SMILES string of the molecule is N#CCc1cc(OCCO)ccc1N. The Bertz CT molecular complexity index is 344. The van der Waals surface area contributed by atoms with Crippen LogP contribution in [0.15, 0.2) is 18.2 Å². The van der Waals surface area contributed by atoms with Crippen molar-refractivity contribution in [2.24, 2.45) is 0 Å². The first kappa shape index (κ1) is 10.4. The molecule has 14 heavy (non-hydrogen) atoms. The van der Waals surface area contributed by atoms with E-state index in [1.165, 1.54) is 0 Å². The van der Waals surface area contributed by atoms with Gasteiger partial charge in [0.1, 0.15) is 12.4 Å². The van der Waals surface area contributed by atoms with Crippen molar-refractivity contribution >= 4 is 5.69 Å². The standard InChI is InChI=1S/C10H12N2O2/c11-4-3-8-7-9(14-6-5-13)1-2-10(8)12/h1-2,7,13H,3,5-6,12H2. The first-order valence-electron chi connectivity index (χ1n) is 4.27. The molecule has 1 aromatic rings. The molecule has 1 rings (SSSR count). The fourth-order valence-corrected chi connectivity index (χ4v) is 1.07. The van der Waals surface area contributed by atoms with Gasteiger partial charge in [-0.25, -0.2) is 0 Å². The summed E-state index contributed by atoms with van der Waals surface area (Å²) in [6.07, 6.45) is 0.266. The third kappa shape index (κ3) is 2.64. The van der Waals surface area contributed by atoms with Gasteiger partial charge in [0.05, 0.1) is 19.1 Å². The molecule has 4 nitrogen and oxygen atoms in total. The number of aliphatic hydroxyl groups excluding tert-OH is 1. The van der Waals surface area contributed by atoms with Gasteiger partial charge in [-0.1, -0.05) is 0 Å². The molecule has 0 spiro atoms. The van der Waals surface area contributed by atoms with Crippen LogP contribution >= 0.6 is 0 Å². The van der Waals surface area contributed by atoms with Crippen LogP contribution in [0.4, 0.5) is 5.69 Å². The maximum atomic E-state index is 8.55. The summed E-state index contributed by atoms with van der Waals surface area (Å²) < 4.78 is 5.18. The topological polar surface area (TPSA) is 79.3 Å². The van der Waals surface area contributed by atoms with Crippen molar-refractivity contribution in [1.29, 1.82) is 5.26 Å². The summed E-state index contributed by atoms with van der Waals surface area (Å²) >= 11 is 0. The van der Waals surface area contributed by atoms with Gasteiger partial charge in [0.15, 0.2) is 0 Å². The Morgan fingerprint density at radius 2 is 2.29 bits per heavy atom. The van der Waals surface area contributed by atoms with Crippen molar-refractivity contribution in [3.63, 3.8) is 0 Å². The van der Waals surface area contributed by atoms with Crippen molar-refractivity contribution < 1.29 is 9.84 Å². The number of hydrogen-bond acceptors (Lipinski definition) is 4. The van der Waals surface area contributed by atoms with E-state index in [2.05, 4.69) is 0 Å². The second-order valence-corrected chi connectivity index (χ2v) is 2.77. The molecule has 1 aromatic carbocycles. The minimum Gasteiger partial charge on any atom is -0.491 e. The monoisotopic (exact) mass is 192 g/mol. The summed E-state index contributed by atoms with van der Waals surface area (Å²) in [6, 6.07) is 7.15. The number of aliphatic hydroxyl groups is 1. The summed E-state index contributed by atoms with van der Waals surface area (Å²) in [4.78, 5) is 0. The van der Waals surface area contributed by atoms with Gasteiger partial charge in [-0.15, -0.1) is 0 Å². The lowest BCUT2D eigenvalue weighted by Gasteiger charge is -2.07. The first-order valence-corrected chi connectivity index (χ1v) is 4.27. The Balaban J connectivity index is 2.79. The van der Waals surface area contributed by atoms with Gasteiger partial charge < -0.3 is 15.6 Å². The molecule has 0 aromatic heterocycles. The van der Waals surface area contributed by atoms with Crippen molar-refractivity contribution in [3.05, 3.63) is 23.8 Å². The van der Waals surface area contributed by atoms with E-state index >= 15 is 0 Å². The molecule has 0 aliphatic carbocycles. The minimum atomic E-state index is -0.0298. The molecular weight excluding hydrogens is 180 g/mol. The summed E-state index contributed by atoms with van der Waals surface area (Å²) in [6.45, 7) is 0.216. The number of hydrogen-bond donors (Lipinski definition) is 2. The van der Waals surface area contributed by atoms with Crippen LogP contribution in [0.25, 0.3) is 0 Å². The van der Waals surface area contributed by atoms with Gasteiger partial charge in [-0.3, -0.25) is 0 Å². The third-order valence-electron chi connectivity index (χ3n) is 1.74. The molecule has 0 saturated heterocycles. The van der Waals surface area contributed by atoms with E-state index in [-0.39, 0.29) is 19.6 Å². The van der Waals surface area contributed by atoms with Gasteiger partial charge >= 0.3 is 0 Å².